The molecule has 0 atom stereocenters. The van der Waals surface area contributed by atoms with E-state index in [0.29, 0.717) is 10.5 Å². The third-order valence-corrected chi connectivity index (χ3v) is 5.34. The van der Waals surface area contributed by atoms with Crippen LogP contribution in [0.25, 0.3) is 10.1 Å². The number of benzene rings is 1. The molecule has 0 aliphatic carbocycles. The molecule has 126 valence electrons. The number of hydrogen-bond acceptors (Lipinski definition) is 4. The van der Waals surface area contributed by atoms with E-state index in [9.17, 15) is 14.3 Å². The van der Waals surface area contributed by atoms with E-state index in [1.165, 1.54) is 11.0 Å². The van der Waals surface area contributed by atoms with Gasteiger partial charge in [-0.25, -0.2) is 9.37 Å². The fraction of sp³-hybridized carbons (Fsp3) is 0.250. The minimum atomic E-state index is -0.453. The molecule has 0 fully saturated rings. The minimum Gasteiger partial charge on any atom is -0.395 e. The van der Waals surface area contributed by atoms with Crippen molar-refractivity contribution >= 4 is 38.9 Å². The van der Waals surface area contributed by atoms with Gasteiger partial charge in [0.05, 0.1) is 18.2 Å². The van der Waals surface area contributed by atoms with Crippen LogP contribution in [0.4, 0.5) is 4.39 Å². The number of aliphatic hydroxyl groups is 1. The summed E-state index contributed by atoms with van der Waals surface area (Å²) in [7, 11) is 1.83. The molecule has 2 aromatic heterocycles. The van der Waals surface area contributed by atoms with Crippen LogP contribution in [-0.2, 0) is 13.6 Å². The SMILES string of the molecule is Cn1ccnc1CN(CCO)C(=O)c1sc2cccc(F)c2c1Cl. The van der Waals surface area contributed by atoms with E-state index >= 15 is 0 Å². The smallest absolute Gasteiger partial charge is 0.265 e. The van der Waals surface area contributed by atoms with Gasteiger partial charge >= 0.3 is 0 Å². The van der Waals surface area contributed by atoms with Gasteiger partial charge in [0.15, 0.2) is 0 Å². The molecular weight excluding hydrogens is 353 g/mol. The van der Waals surface area contributed by atoms with Crippen LogP contribution in [0.3, 0.4) is 0 Å². The first kappa shape index (κ1) is 16.9. The molecule has 0 unspecified atom stereocenters. The highest BCUT2D eigenvalue weighted by Crippen LogP contribution is 2.37. The van der Waals surface area contributed by atoms with Crippen LogP contribution in [0, 0.1) is 5.82 Å². The highest BCUT2D eigenvalue weighted by atomic mass is 35.5. The number of rotatable bonds is 5. The summed E-state index contributed by atoms with van der Waals surface area (Å²) in [5.74, 6) is -0.122. The van der Waals surface area contributed by atoms with Crippen molar-refractivity contribution in [3.8, 4) is 0 Å². The van der Waals surface area contributed by atoms with Crippen LogP contribution in [0.5, 0.6) is 0 Å². The summed E-state index contributed by atoms with van der Waals surface area (Å²) in [6.07, 6.45) is 3.41. The van der Waals surface area contributed by atoms with Crippen molar-refractivity contribution in [2.24, 2.45) is 7.05 Å². The maximum absolute atomic E-state index is 14.0. The molecule has 24 heavy (non-hydrogen) atoms. The topological polar surface area (TPSA) is 58.4 Å². The number of thiophene rings is 1. The monoisotopic (exact) mass is 367 g/mol. The molecule has 3 rings (SSSR count). The third kappa shape index (κ3) is 3.02. The van der Waals surface area contributed by atoms with Gasteiger partial charge in [-0.05, 0) is 12.1 Å². The standard InChI is InChI=1S/C16H15ClFN3O2S/c1-20-6-5-19-12(20)9-21(7-8-22)16(23)15-14(17)13-10(18)3-2-4-11(13)24-15/h2-6,22H,7-9H2,1H3. The van der Waals surface area contributed by atoms with Gasteiger partial charge in [-0.15, -0.1) is 11.3 Å². The van der Waals surface area contributed by atoms with Crippen molar-refractivity contribution < 1.29 is 14.3 Å². The molecule has 0 spiro atoms. The van der Waals surface area contributed by atoms with E-state index < -0.39 is 5.82 Å². The van der Waals surface area contributed by atoms with Crippen LogP contribution in [-0.4, -0.2) is 38.6 Å². The highest BCUT2D eigenvalue weighted by Gasteiger charge is 2.24. The van der Waals surface area contributed by atoms with E-state index in [1.807, 2.05) is 7.05 Å². The van der Waals surface area contributed by atoms with Crippen molar-refractivity contribution in [3.63, 3.8) is 0 Å². The zero-order chi connectivity index (χ0) is 17.3. The molecule has 1 amide bonds. The predicted octanol–water partition coefficient (Wildman–Crippen LogP) is 3.06. The number of imidazole rings is 1. The molecule has 2 heterocycles. The molecule has 0 radical (unpaired) electrons. The predicted molar refractivity (Wildman–Crippen MR) is 91.8 cm³/mol. The molecule has 1 aromatic carbocycles. The number of halogens is 2. The van der Waals surface area contributed by atoms with Crippen molar-refractivity contribution in [2.75, 3.05) is 13.2 Å². The summed E-state index contributed by atoms with van der Waals surface area (Å²) in [6.45, 7) is 0.182. The number of aryl methyl sites for hydroxylation is 1. The number of amides is 1. The van der Waals surface area contributed by atoms with E-state index in [2.05, 4.69) is 4.98 Å². The van der Waals surface area contributed by atoms with Gasteiger partial charge in [-0.2, -0.15) is 0 Å². The average molecular weight is 368 g/mol. The van der Waals surface area contributed by atoms with E-state index in [0.717, 1.165) is 11.3 Å². The van der Waals surface area contributed by atoms with Crippen molar-refractivity contribution in [2.45, 2.75) is 6.54 Å². The average Bonchev–Trinajstić information content (AvgIpc) is 3.11. The van der Waals surface area contributed by atoms with Gasteiger partial charge in [0.25, 0.3) is 5.91 Å². The minimum absolute atomic E-state index is 0.112. The first-order valence-corrected chi connectivity index (χ1v) is 8.45. The molecule has 8 heteroatoms. The first-order chi connectivity index (χ1) is 11.5. The molecule has 0 saturated heterocycles. The van der Waals surface area contributed by atoms with Crippen molar-refractivity contribution in [3.05, 3.63) is 52.1 Å². The van der Waals surface area contributed by atoms with Gasteiger partial charge < -0.3 is 14.6 Å². The number of carbonyl (C=O) groups excluding carboxylic acids is 1. The molecule has 0 bridgehead atoms. The summed E-state index contributed by atoms with van der Waals surface area (Å²) in [5.41, 5.74) is 0. The van der Waals surface area contributed by atoms with Gasteiger partial charge in [0.2, 0.25) is 0 Å². The second kappa shape index (κ2) is 6.88. The number of nitrogens with zero attached hydrogens (tertiary/aromatic N) is 3. The normalized spacial score (nSPS) is 11.2. The molecular formula is C16H15ClFN3O2S. The van der Waals surface area contributed by atoms with Crippen molar-refractivity contribution in [1.82, 2.24) is 14.5 Å². The maximum Gasteiger partial charge on any atom is 0.265 e. The van der Waals surface area contributed by atoms with Crippen LogP contribution >= 0.6 is 22.9 Å². The lowest BCUT2D eigenvalue weighted by molar-refractivity contribution is 0.0706. The lowest BCUT2D eigenvalue weighted by Crippen LogP contribution is -2.33. The summed E-state index contributed by atoms with van der Waals surface area (Å²) in [4.78, 5) is 18.8. The van der Waals surface area contributed by atoms with Gasteiger partial charge in [0, 0.05) is 36.1 Å². The Morgan fingerprint density at radius 3 is 2.92 bits per heavy atom. The Balaban J connectivity index is 1.97. The summed E-state index contributed by atoms with van der Waals surface area (Å²) < 4.78 is 16.4. The Kier molecular flexibility index (Phi) is 4.84. The fourth-order valence-corrected chi connectivity index (χ4v) is 3.97. The fourth-order valence-electron chi connectivity index (χ4n) is 2.44. The molecule has 0 saturated carbocycles. The second-order valence-corrected chi connectivity index (χ2v) is 6.69. The zero-order valence-corrected chi connectivity index (χ0v) is 14.4. The van der Waals surface area contributed by atoms with Gasteiger partial charge in [-0.1, -0.05) is 17.7 Å². The molecule has 0 aliphatic rings. The lowest BCUT2D eigenvalue weighted by Gasteiger charge is -2.21. The van der Waals surface area contributed by atoms with Crippen LogP contribution < -0.4 is 0 Å². The third-order valence-electron chi connectivity index (χ3n) is 3.71. The van der Waals surface area contributed by atoms with Gasteiger partial charge in [-0.3, -0.25) is 4.79 Å². The number of aliphatic hydroxyl groups excluding tert-OH is 1. The first-order valence-electron chi connectivity index (χ1n) is 7.25. The number of carbonyl (C=O) groups is 1. The Bertz CT molecular complexity index is 893. The van der Waals surface area contributed by atoms with Crippen LogP contribution in [0.2, 0.25) is 5.02 Å². The van der Waals surface area contributed by atoms with E-state index in [1.54, 1.807) is 29.1 Å². The van der Waals surface area contributed by atoms with E-state index in [-0.39, 0.29) is 40.9 Å². The maximum atomic E-state index is 14.0. The molecule has 3 aromatic rings. The summed E-state index contributed by atoms with van der Waals surface area (Å²) in [6, 6.07) is 4.62. The van der Waals surface area contributed by atoms with Crippen LogP contribution in [0.1, 0.15) is 15.5 Å². The van der Waals surface area contributed by atoms with Crippen LogP contribution in [0.15, 0.2) is 30.6 Å². The lowest BCUT2D eigenvalue weighted by atomic mass is 10.2. The molecule has 1 N–H and O–H groups in total. The van der Waals surface area contributed by atoms with Crippen molar-refractivity contribution in [1.29, 1.82) is 0 Å². The second-order valence-electron chi connectivity index (χ2n) is 5.26. The molecule has 5 nitrogen and oxygen atoms in total. The Hall–Kier alpha value is -1.96. The summed E-state index contributed by atoms with van der Waals surface area (Å²) >= 11 is 7.40. The molecule has 0 aliphatic heterocycles. The van der Waals surface area contributed by atoms with E-state index in [4.69, 9.17) is 11.6 Å². The Morgan fingerprint density at radius 1 is 1.50 bits per heavy atom. The Morgan fingerprint density at radius 2 is 2.29 bits per heavy atom. The number of fused-ring (bicyclic) bond motifs is 1. The number of hydrogen-bond donors (Lipinski definition) is 1. The quantitative estimate of drug-likeness (QED) is 0.754. The van der Waals surface area contributed by atoms with Gasteiger partial charge in [0.1, 0.15) is 16.5 Å². The highest BCUT2D eigenvalue weighted by molar-refractivity contribution is 7.21. The summed E-state index contributed by atoms with van der Waals surface area (Å²) in [5, 5.41) is 9.64. The zero-order valence-electron chi connectivity index (χ0n) is 12.9. The number of aromatic nitrogens is 2. The largest absolute Gasteiger partial charge is 0.395 e. The Labute approximate surface area is 146 Å².